The van der Waals surface area contributed by atoms with Gasteiger partial charge in [-0.2, -0.15) is 0 Å². The van der Waals surface area contributed by atoms with E-state index in [0.717, 1.165) is 24.7 Å². The SMILES string of the molecule is C=CCCCN(C)C(=O)CCBr. The Balaban J connectivity index is 3.49. The number of alkyl halides is 1. The Morgan fingerprint density at radius 2 is 2.33 bits per heavy atom. The minimum absolute atomic E-state index is 0.205. The van der Waals surface area contributed by atoms with Crippen molar-refractivity contribution in [3.05, 3.63) is 12.7 Å². The first-order valence-electron chi connectivity index (χ1n) is 4.13. The highest BCUT2D eigenvalue weighted by atomic mass is 79.9. The van der Waals surface area contributed by atoms with E-state index in [9.17, 15) is 4.79 Å². The summed E-state index contributed by atoms with van der Waals surface area (Å²) in [5.41, 5.74) is 0. The molecule has 0 aromatic rings. The molecule has 0 radical (unpaired) electrons. The summed E-state index contributed by atoms with van der Waals surface area (Å²) >= 11 is 3.24. The molecule has 0 aliphatic carbocycles. The topological polar surface area (TPSA) is 20.3 Å². The van der Waals surface area contributed by atoms with E-state index >= 15 is 0 Å². The van der Waals surface area contributed by atoms with E-state index in [0.29, 0.717) is 6.42 Å². The molecule has 2 nitrogen and oxygen atoms in total. The lowest BCUT2D eigenvalue weighted by Gasteiger charge is -2.15. The van der Waals surface area contributed by atoms with Gasteiger partial charge in [-0.3, -0.25) is 4.79 Å². The van der Waals surface area contributed by atoms with E-state index in [1.54, 1.807) is 4.90 Å². The van der Waals surface area contributed by atoms with Crippen LogP contribution < -0.4 is 0 Å². The lowest BCUT2D eigenvalue weighted by atomic mass is 10.3. The molecule has 0 saturated carbocycles. The van der Waals surface area contributed by atoms with E-state index in [1.807, 2.05) is 13.1 Å². The monoisotopic (exact) mass is 233 g/mol. The molecule has 0 aromatic heterocycles. The second-order valence-corrected chi connectivity index (χ2v) is 3.48. The number of allylic oxidation sites excluding steroid dienone is 1. The minimum atomic E-state index is 0.205. The predicted octanol–water partition coefficient (Wildman–Crippen LogP) is 2.20. The third-order valence-corrected chi connectivity index (χ3v) is 2.03. The van der Waals surface area contributed by atoms with Crippen LogP contribution in [0.2, 0.25) is 0 Å². The van der Waals surface area contributed by atoms with Crippen molar-refractivity contribution < 1.29 is 4.79 Å². The number of halogens is 1. The molecule has 12 heavy (non-hydrogen) atoms. The number of unbranched alkanes of at least 4 members (excludes halogenated alkanes) is 1. The Bertz CT molecular complexity index is 147. The maximum absolute atomic E-state index is 11.2. The Labute approximate surface area is 82.8 Å². The molecule has 0 aliphatic rings. The lowest BCUT2D eigenvalue weighted by molar-refractivity contribution is -0.129. The number of hydrogen-bond acceptors (Lipinski definition) is 1. The van der Waals surface area contributed by atoms with Crippen LogP contribution >= 0.6 is 15.9 Å². The molecule has 0 rings (SSSR count). The predicted molar refractivity (Wildman–Crippen MR) is 55.5 cm³/mol. The van der Waals surface area contributed by atoms with Gasteiger partial charge in [0.25, 0.3) is 0 Å². The van der Waals surface area contributed by atoms with Crippen molar-refractivity contribution in [1.29, 1.82) is 0 Å². The van der Waals surface area contributed by atoms with Crippen molar-refractivity contribution in [2.24, 2.45) is 0 Å². The second-order valence-electron chi connectivity index (χ2n) is 2.69. The van der Waals surface area contributed by atoms with Crippen LogP contribution in [0.5, 0.6) is 0 Å². The van der Waals surface area contributed by atoms with Crippen molar-refractivity contribution in [2.45, 2.75) is 19.3 Å². The van der Waals surface area contributed by atoms with Gasteiger partial charge in [-0.15, -0.1) is 6.58 Å². The van der Waals surface area contributed by atoms with Crippen molar-refractivity contribution in [3.8, 4) is 0 Å². The van der Waals surface area contributed by atoms with Crippen LogP contribution in [-0.4, -0.2) is 29.7 Å². The first-order valence-corrected chi connectivity index (χ1v) is 5.25. The Morgan fingerprint density at radius 3 is 2.83 bits per heavy atom. The van der Waals surface area contributed by atoms with Crippen molar-refractivity contribution in [3.63, 3.8) is 0 Å². The number of carbonyl (C=O) groups excluding carboxylic acids is 1. The molecule has 70 valence electrons. The molecule has 0 heterocycles. The van der Waals surface area contributed by atoms with Gasteiger partial charge in [0.15, 0.2) is 0 Å². The van der Waals surface area contributed by atoms with Gasteiger partial charge in [0.2, 0.25) is 5.91 Å². The van der Waals surface area contributed by atoms with E-state index in [-0.39, 0.29) is 5.91 Å². The van der Waals surface area contributed by atoms with Crippen LogP contribution in [-0.2, 0) is 4.79 Å². The van der Waals surface area contributed by atoms with Gasteiger partial charge in [0.1, 0.15) is 0 Å². The normalized spacial score (nSPS) is 9.50. The molecule has 1 amide bonds. The molecule has 0 N–H and O–H groups in total. The molecule has 0 atom stereocenters. The van der Waals surface area contributed by atoms with Crippen LogP contribution in [0.4, 0.5) is 0 Å². The third kappa shape index (κ3) is 5.35. The summed E-state index contributed by atoms with van der Waals surface area (Å²) in [6, 6.07) is 0. The van der Waals surface area contributed by atoms with E-state index in [2.05, 4.69) is 22.5 Å². The highest BCUT2D eigenvalue weighted by Gasteiger charge is 2.05. The number of hydrogen-bond donors (Lipinski definition) is 0. The average molecular weight is 234 g/mol. The van der Waals surface area contributed by atoms with Crippen LogP contribution in [0.1, 0.15) is 19.3 Å². The molecule has 0 aromatic carbocycles. The number of nitrogens with zero attached hydrogens (tertiary/aromatic N) is 1. The Hall–Kier alpha value is -0.310. The fourth-order valence-corrected chi connectivity index (χ4v) is 1.21. The summed E-state index contributed by atoms with van der Waals surface area (Å²) in [4.78, 5) is 13.0. The first-order chi connectivity index (χ1) is 5.72. The van der Waals surface area contributed by atoms with Crippen molar-refractivity contribution >= 4 is 21.8 Å². The smallest absolute Gasteiger partial charge is 0.223 e. The van der Waals surface area contributed by atoms with Gasteiger partial charge in [0, 0.05) is 25.3 Å². The van der Waals surface area contributed by atoms with E-state index in [4.69, 9.17) is 0 Å². The molecule has 0 spiro atoms. The summed E-state index contributed by atoms with van der Waals surface area (Å²) in [5.74, 6) is 0.205. The zero-order valence-electron chi connectivity index (χ0n) is 7.55. The maximum atomic E-state index is 11.2. The summed E-state index contributed by atoms with van der Waals surface area (Å²) in [5, 5.41) is 0.748. The third-order valence-electron chi connectivity index (χ3n) is 1.64. The van der Waals surface area contributed by atoms with Gasteiger partial charge in [-0.05, 0) is 12.8 Å². The maximum Gasteiger partial charge on any atom is 0.223 e. The summed E-state index contributed by atoms with van der Waals surface area (Å²) in [6.07, 6.45) is 4.45. The zero-order valence-corrected chi connectivity index (χ0v) is 9.14. The second kappa shape index (κ2) is 7.35. The molecule has 0 aliphatic heterocycles. The van der Waals surface area contributed by atoms with Gasteiger partial charge >= 0.3 is 0 Å². The standard InChI is InChI=1S/C9H16BrNO/c1-3-4-5-8-11(2)9(12)6-7-10/h3H,1,4-8H2,2H3. The van der Waals surface area contributed by atoms with Gasteiger partial charge in [-0.25, -0.2) is 0 Å². The highest BCUT2D eigenvalue weighted by Crippen LogP contribution is 1.98. The van der Waals surface area contributed by atoms with Gasteiger partial charge in [-0.1, -0.05) is 22.0 Å². The van der Waals surface area contributed by atoms with Crippen LogP contribution in [0.3, 0.4) is 0 Å². The molecule has 0 unspecified atom stereocenters. The highest BCUT2D eigenvalue weighted by molar-refractivity contribution is 9.09. The van der Waals surface area contributed by atoms with Crippen molar-refractivity contribution in [2.75, 3.05) is 18.9 Å². The largest absolute Gasteiger partial charge is 0.346 e. The summed E-state index contributed by atoms with van der Waals surface area (Å²) < 4.78 is 0. The molecule has 3 heteroatoms. The quantitative estimate of drug-likeness (QED) is 0.392. The molecular weight excluding hydrogens is 218 g/mol. The fourth-order valence-electron chi connectivity index (χ4n) is 0.869. The van der Waals surface area contributed by atoms with Crippen LogP contribution in [0.15, 0.2) is 12.7 Å². The first kappa shape index (κ1) is 11.7. The Morgan fingerprint density at radius 1 is 1.67 bits per heavy atom. The number of carbonyl (C=O) groups is 1. The lowest BCUT2D eigenvalue weighted by Crippen LogP contribution is -2.27. The zero-order chi connectivity index (χ0) is 9.40. The molecule has 0 saturated heterocycles. The Kier molecular flexibility index (Phi) is 7.16. The summed E-state index contributed by atoms with van der Waals surface area (Å²) in [7, 11) is 1.84. The van der Waals surface area contributed by atoms with Crippen molar-refractivity contribution in [1.82, 2.24) is 4.90 Å². The molecule has 0 fully saturated rings. The van der Waals surface area contributed by atoms with Gasteiger partial charge in [0.05, 0.1) is 0 Å². The number of rotatable bonds is 6. The van der Waals surface area contributed by atoms with Gasteiger partial charge < -0.3 is 4.90 Å². The molecular formula is C9H16BrNO. The fraction of sp³-hybridized carbons (Fsp3) is 0.667. The average Bonchev–Trinajstić information content (AvgIpc) is 2.05. The molecule has 0 bridgehead atoms. The minimum Gasteiger partial charge on any atom is -0.346 e. The van der Waals surface area contributed by atoms with E-state index in [1.165, 1.54) is 0 Å². The number of amides is 1. The van der Waals surface area contributed by atoms with Crippen LogP contribution in [0.25, 0.3) is 0 Å². The van der Waals surface area contributed by atoms with Crippen LogP contribution in [0, 0.1) is 0 Å². The summed E-state index contributed by atoms with van der Waals surface area (Å²) in [6.45, 7) is 4.46. The van der Waals surface area contributed by atoms with E-state index < -0.39 is 0 Å².